The van der Waals surface area contributed by atoms with E-state index in [1.807, 2.05) is 55.5 Å². The number of hydrogen-bond acceptors (Lipinski definition) is 6. The summed E-state index contributed by atoms with van der Waals surface area (Å²) in [5.41, 5.74) is 5.37. The van der Waals surface area contributed by atoms with Crippen molar-refractivity contribution in [2.75, 3.05) is 38.6 Å². The molecule has 3 aromatic rings. The van der Waals surface area contributed by atoms with Crippen LogP contribution in [0.15, 0.2) is 71.7 Å². The van der Waals surface area contributed by atoms with Gasteiger partial charge in [-0.3, -0.25) is 9.71 Å². The van der Waals surface area contributed by atoms with Crippen LogP contribution in [0, 0.1) is 0 Å². The van der Waals surface area contributed by atoms with Crippen molar-refractivity contribution in [3.8, 4) is 11.5 Å². The third-order valence-corrected chi connectivity index (χ3v) is 8.26. The minimum Gasteiger partial charge on any atom is -0.493 e. The summed E-state index contributed by atoms with van der Waals surface area (Å²) in [5.74, 6) is 1.64. The first-order valence-electron chi connectivity index (χ1n) is 12.6. The monoisotopic (exact) mass is 519 g/mol. The zero-order chi connectivity index (χ0) is 26.0. The van der Waals surface area contributed by atoms with E-state index in [4.69, 9.17) is 14.5 Å². The molecule has 0 saturated carbocycles. The van der Waals surface area contributed by atoms with Gasteiger partial charge in [0.2, 0.25) is 10.0 Å². The summed E-state index contributed by atoms with van der Waals surface area (Å²) in [6.45, 7) is 4.47. The summed E-state index contributed by atoms with van der Waals surface area (Å²) in [7, 11) is 0.273. The van der Waals surface area contributed by atoms with Gasteiger partial charge in [-0.25, -0.2) is 8.42 Å². The largest absolute Gasteiger partial charge is 0.493 e. The smallest absolute Gasteiger partial charge is 0.236 e. The first kappa shape index (κ1) is 25.3. The fourth-order valence-electron chi connectivity index (χ4n) is 5.25. The number of aliphatic imine (C=N–C) groups is 1. The molecule has 0 aliphatic carbocycles. The number of rotatable bonds is 8. The number of methoxy groups -OCH3 is 1. The SMILES string of the molecule is CCOc1cc2c(cc1OC)C(c1ccc(NS(=O)(=O)Cc3ccccc3)cc1)=NC1CCN(C)CC21. The number of sulfonamides is 1. The Morgan fingerprint density at radius 1 is 1.05 bits per heavy atom. The van der Waals surface area contributed by atoms with Crippen LogP contribution < -0.4 is 14.2 Å². The van der Waals surface area contributed by atoms with Crippen LogP contribution in [0.25, 0.3) is 0 Å². The van der Waals surface area contributed by atoms with E-state index in [0.717, 1.165) is 47.7 Å². The molecule has 1 N–H and O–H groups in total. The molecule has 3 aromatic carbocycles. The molecule has 1 saturated heterocycles. The van der Waals surface area contributed by atoms with Gasteiger partial charge in [0, 0.05) is 29.3 Å². The van der Waals surface area contributed by atoms with Gasteiger partial charge in [0.1, 0.15) is 0 Å². The highest BCUT2D eigenvalue weighted by Gasteiger charge is 2.36. The van der Waals surface area contributed by atoms with Crippen LogP contribution >= 0.6 is 0 Å². The molecule has 37 heavy (non-hydrogen) atoms. The number of piperidine rings is 1. The van der Waals surface area contributed by atoms with Crippen molar-refractivity contribution >= 4 is 21.4 Å². The Morgan fingerprint density at radius 2 is 1.81 bits per heavy atom. The molecule has 7 nitrogen and oxygen atoms in total. The Labute approximate surface area is 219 Å². The van der Waals surface area contributed by atoms with Gasteiger partial charge in [-0.1, -0.05) is 42.5 Å². The maximum Gasteiger partial charge on any atom is 0.236 e. The molecule has 194 valence electrons. The zero-order valence-electron chi connectivity index (χ0n) is 21.5. The van der Waals surface area contributed by atoms with Gasteiger partial charge < -0.3 is 14.4 Å². The van der Waals surface area contributed by atoms with Crippen molar-refractivity contribution in [3.05, 3.63) is 89.0 Å². The van der Waals surface area contributed by atoms with Crippen molar-refractivity contribution in [2.45, 2.75) is 31.1 Å². The summed E-state index contributed by atoms with van der Waals surface area (Å²) in [6, 6.07) is 21.0. The third-order valence-electron chi connectivity index (χ3n) is 7.00. The molecule has 2 atom stereocenters. The molecular formula is C29H33N3O4S. The fraction of sp³-hybridized carbons (Fsp3) is 0.345. The van der Waals surface area contributed by atoms with Gasteiger partial charge in [-0.2, -0.15) is 0 Å². The molecule has 2 unspecified atom stereocenters. The van der Waals surface area contributed by atoms with Crippen LogP contribution in [0.5, 0.6) is 11.5 Å². The second kappa shape index (κ2) is 10.6. The summed E-state index contributed by atoms with van der Waals surface area (Å²) in [6.07, 6.45) is 0.984. The van der Waals surface area contributed by atoms with E-state index in [0.29, 0.717) is 18.0 Å². The minimum atomic E-state index is -3.53. The zero-order valence-corrected chi connectivity index (χ0v) is 22.3. The van der Waals surface area contributed by atoms with Gasteiger partial charge in [0.15, 0.2) is 11.5 Å². The molecule has 0 amide bonds. The standard InChI is InChI=1S/C29H33N3O4S/c1-4-36-28-16-23-24(17-27(28)35-3)29(30-26-14-15-32(2)18-25(23)26)21-10-12-22(13-11-21)31-37(33,34)19-20-8-6-5-7-9-20/h5-13,16-17,25-26,31H,4,14-15,18-19H2,1-3H3. The Hall–Kier alpha value is -3.36. The molecule has 0 radical (unpaired) electrons. The Kier molecular flexibility index (Phi) is 7.22. The van der Waals surface area contributed by atoms with E-state index in [1.54, 1.807) is 19.2 Å². The predicted molar refractivity (Wildman–Crippen MR) is 148 cm³/mol. The van der Waals surface area contributed by atoms with Crippen LogP contribution in [-0.4, -0.2) is 58.9 Å². The maximum absolute atomic E-state index is 12.7. The summed E-state index contributed by atoms with van der Waals surface area (Å²) >= 11 is 0. The average Bonchev–Trinajstić information content (AvgIpc) is 2.89. The molecule has 1 fully saturated rings. The highest BCUT2D eigenvalue weighted by Crippen LogP contribution is 2.42. The number of likely N-dealkylation sites (tertiary alicyclic amines) is 1. The third kappa shape index (κ3) is 5.50. The molecule has 8 heteroatoms. The highest BCUT2D eigenvalue weighted by molar-refractivity contribution is 7.91. The first-order valence-corrected chi connectivity index (χ1v) is 14.3. The summed E-state index contributed by atoms with van der Waals surface area (Å²) in [5, 5.41) is 0. The lowest BCUT2D eigenvalue weighted by Crippen LogP contribution is -2.41. The number of fused-ring (bicyclic) bond motifs is 3. The summed E-state index contributed by atoms with van der Waals surface area (Å²) < 4.78 is 39.6. The number of ether oxygens (including phenoxy) is 2. The van der Waals surface area contributed by atoms with E-state index in [2.05, 4.69) is 22.7 Å². The lowest BCUT2D eigenvalue weighted by molar-refractivity contribution is 0.226. The van der Waals surface area contributed by atoms with E-state index >= 15 is 0 Å². The predicted octanol–water partition coefficient (Wildman–Crippen LogP) is 4.67. The molecule has 0 spiro atoms. The number of likely N-dealkylation sites (N-methyl/N-ethyl adjacent to an activating group) is 1. The van der Waals surface area contributed by atoms with E-state index < -0.39 is 10.0 Å². The number of anilines is 1. The van der Waals surface area contributed by atoms with Crippen molar-refractivity contribution in [3.63, 3.8) is 0 Å². The lowest BCUT2D eigenvalue weighted by atomic mass is 9.79. The summed E-state index contributed by atoms with van der Waals surface area (Å²) in [4.78, 5) is 7.57. The topological polar surface area (TPSA) is 80.2 Å². The van der Waals surface area contributed by atoms with Crippen molar-refractivity contribution < 1.29 is 17.9 Å². The van der Waals surface area contributed by atoms with Crippen LogP contribution in [0.2, 0.25) is 0 Å². The molecule has 0 bridgehead atoms. The van der Waals surface area contributed by atoms with Gasteiger partial charge in [-0.05, 0) is 62.3 Å². The van der Waals surface area contributed by atoms with Gasteiger partial charge >= 0.3 is 0 Å². The normalized spacial score (nSPS) is 19.4. The van der Waals surface area contributed by atoms with E-state index in [1.165, 1.54) is 5.56 Å². The van der Waals surface area contributed by atoms with Crippen LogP contribution in [0.4, 0.5) is 5.69 Å². The second-order valence-electron chi connectivity index (χ2n) is 9.65. The first-order chi connectivity index (χ1) is 17.9. The number of hydrogen-bond donors (Lipinski definition) is 1. The molecule has 2 aliphatic heterocycles. The van der Waals surface area contributed by atoms with Crippen LogP contribution in [-0.2, 0) is 15.8 Å². The second-order valence-corrected chi connectivity index (χ2v) is 11.4. The Bertz CT molecular complexity index is 1390. The molecule has 5 rings (SSSR count). The van der Waals surface area contributed by atoms with Gasteiger partial charge in [0.05, 0.1) is 31.2 Å². The van der Waals surface area contributed by atoms with Crippen LogP contribution in [0.3, 0.4) is 0 Å². The fourth-order valence-corrected chi connectivity index (χ4v) is 6.45. The molecule has 2 aliphatic rings. The maximum atomic E-state index is 12.7. The van der Waals surface area contributed by atoms with Crippen molar-refractivity contribution in [2.24, 2.45) is 4.99 Å². The average molecular weight is 520 g/mol. The van der Waals surface area contributed by atoms with Crippen molar-refractivity contribution in [1.82, 2.24) is 4.90 Å². The number of benzene rings is 3. The number of nitrogens with one attached hydrogen (secondary N) is 1. The highest BCUT2D eigenvalue weighted by atomic mass is 32.2. The van der Waals surface area contributed by atoms with Crippen LogP contribution in [0.1, 0.15) is 41.5 Å². The molecule has 2 heterocycles. The van der Waals surface area contributed by atoms with Crippen molar-refractivity contribution in [1.29, 1.82) is 0 Å². The number of nitrogens with zero attached hydrogens (tertiary/aromatic N) is 2. The van der Waals surface area contributed by atoms with Gasteiger partial charge in [0.25, 0.3) is 0 Å². The lowest BCUT2D eigenvalue weighted by Gasteiger charge is -2.39. The molecular weight excluding hydrogens is 486 g/mol. The van der Waals surface area contributed by atoms with E-state index in [-0.39, 0.29) is 17.7 Å². The van der Waals surface area contributed by atoms with Gasteiger partial charge in [-0.15, -0.1) is 0 Å². The van der Waals surface area contributed by atoms with E-state index in [9.17, 15) is 8.42 Å². The minimum absolute atomic E-state index is 0.0743. The quantitative estimate of drug-likeness (QED) is 0.468. The Morgan fingerprint density at radius 3 is 2.51 bits per heavy atom. The molecule has 0 aromatic heterocycles. The Balaban J connectivity index is 1.46.